The van der Waals surface area contributed by atoms with Gasteiger partial charge in [-0.15, -0.1) is 0 Å². The predicted octanol–water partition coefficient (Wildman–Crippen LogP) is 2.54. The highest BCUT2D eigenvalue weighted by atomic mass is 19.2. The van der Waals surface area contributed by atoms with Crippen LogP contribution in [0.1, 0.15) is 25.5 Å². The Morgan fingerprint density at radius 1 is 0.824 bits per heavy atom. The van der Waals surface area contributed by atoms with Crippen LogP contribution in [0.15, 0.2) is 0 Å². The van der Waals surface area contributed by atoms with Crippen molar-refractivity contribution in [1.82, 2.24) is 5.43 Å². The molecule has 0 bridgehead atoms. The summed E-state index contributed by atoms with van der Waals surface area (Å²) >= 11 is 0. The maximum atomic E-state index is 13.4. The van der Waals surface area contributed by atoms with E-state index in [0.29, 0.717) is 0 Å². The van der Waals surface area contributed by atoms with Gasteiger partial charge in [-0.2, -0.15) is 0 Å². The fourth-order valence-electron chi connectivity index (χ4n) is 1.50. The highest BCUT2D eigenvalue weighted by molar-refractivity contribution is 5.27. The molecule has 0 saturated carbocycles. The number of hydrogen-bond acceptors (Lipinski definition) is 2. The van der Waals surface area contributed by atoms with Crippen molar-refractivity contribution in [3.8, 4) is 0 Å². The van der Waals surface area contributed by atoms with Crippen LogP contribution in [0, 0.1) is 35.0 Å². The molecule has 0 spiro atoms. The normalized spacial score (nSPS) is 13.2. The van der Waals surface area contributed by atoms with Gasteiger partial charge >= 0.3 is 0 Å². The highest BCUT2D eigenvalue weighted by Gasteiger charge is 2.31. The van der Waals surface area contributed by atoms with Gasteiger partial charge in [0.05, 0.1) is 6.04 Å². The molecule has 96 valence electrons. The zero-order chi connectivity index (χ0) is 13.3. The van der Waals surface area contributed by atoms with E-state index in [4.69, 9.17) is 5.84 Å². The third-order valence-electron chi connectivity index (χ3n) is 2.40. The van der Waals surface area contributed by atoms with Gasteiger partial charge in [-0.1, -0.05) is 13.8 Å². The third kappa shape index (κ3) is 2.25. The summed E-state index contributed by atoms with van der Waals surface area (Å²) in [4.78, 5) is 0. The van der Waals surface area contributed by atoms with Crippen LogP contribution in [0.3, 0.4) is 0 Å². The lowest BCUT2D eigenvalue weighted by Crippen LogP contribution is -2.33. The summed E-state index contributed by atoms with van der Waals surface area (Å²) in [7, 11) is 0. The van der Waals surface area contributed by atoms with Crippen molar-refractivity contribution in [2.75, 3.05) is 0 Å². The lowest BCUT2D eigenvalue weighted by molar-refractivity contribution is 0.334. The van der Waals surface area contributed by atoms with Gasteiger partial charge < -0.3 is 0 Å². The maximum absolute atomic E-state index is 13.4. The standard InChI is InChI=1S/C10H11F5N2/c1-3(2)10(17-16)4-5(11)7(13)9(15)8(14)6(4)12/h3,10,17H,16H2,1-2H3. The molecule has 1 aromatic rings. The van der Waals surface area contributed by atoms with E-state index in [1.807, 2.05) is 5.43 Å². The number of nitrogens with one attached hydrogen (secondary N) is 1. The minimum Gasteiger partial charge on any atom is -0.271 e. The number of nitrogens with two attached hydrogens (primary N) is 1. The Labute approximate surface area is 94.6 Å². The van der Waals surface area contributed by atoms with E-state index in [2.05, 4.69) is 0 Å². The zero-order valence-electron chi connectivity index (χ0n) is 9.12. The Kier molecular flexibility index (Phi) is 4.05. The molecule has 0 amide bonds. The summed E-state index contributed by atoms with van der Waals surface area (Å²) in [5.41, 5.74) is 1.09. The molecule has 0 saturated heterocycles. The molecule has 1 atom stereocenters. The highest BCUT2D eigenvalue weighted by Crippen LogP contribution is 2.30. The molecule has 3 N–H and O–H groups in total. The fraction of sp³-hybridized carbons (Fsp3) is 0.400. The molecule has 2 nitrogen and oxygen atoms in total. The molecule has 1 unspecified atom stereocenters. The van der Waals surface area contributed by atoms with E-state index < -0.39 is 46.6 Å². The molecule has 0 aliphatic carbocycles. The van der Waals surface area contributed by atoms with Gasteiger partial charge in [0.15, 0.2) is 23.3 Å². The summed E-state index contributed by atoms with van der Waals surface area (Å²) < 4.78 is 65.4. The fourth-order valence-corrected chi connectivity index (χ4v) is 1.50. The first-order valence-corrected chi connectivity index (χ1v) is 4.80. The molecule has 0 aliphatic rings. The van der Waals surface area contributed by atoms with Gasteiger partial charge in [-0.25, -0.2) is 22.0 Å². The van der Waals surface area contributed by atoms with Crippen molar-refractivity contribution in [3.63, 3.8) is 0 Å². The van der Waals surface area contributed by atoms with Crippen molar-refractivity contribution < 1.29 is 22.0 Å². The molecular weight excluding hydrogens is 243 g/mol. The zero-order valence-corrected chi connectivity index (χ0v) is 9.12. The number of hydrogen-bond donors (Lipinski definition) is 2. The molecule has 0 aromatic heterocycles. The molecule has 1 aromatic carbocycles. The van der Waals surface area contributed by atoms with Crippen LogP contribution in [0.5, 0.6) is 0 Å². The van der Waals surface area contributed by atoms with E-state index in [9.17, 15) is 22.0 Å². The van der Waals surface area contributed by atoms with Crippen molar-refractivity contribution >= 4 is 0 Å². The van der Waals surface area contributed by atoms with Crippen LogP contribution in [0.25, 0.3) is 0 Å². The SMILES string of the molecule is CC(C)C(NN)c1c(F)c(F)c(F)c(F)c1F. The number of hydrazine groups is 1. The van der Waals surface area contributed by atoms with Gasteiger partial charge in [0.1, 0.15) is 0 Å². The molecule has 7 heteroatoms. The molecule has 0 fully saturated rings. The van der Waals surface area contributed by atoms with E-state index >= 15 is 0 Å². The van der Waals surface area contributed by atoms with Gasteiger partial charge in [0.2, 0.25) is 5.82 Å². The van der Waals surface area contributed by atoms with Crippen LogP contribution in [0.2, 0.25) is 0 Å². The number of halogens is 5. The molecule has 0 radical (unpaired) electrons. The summed E-state index contributed by atoms with van der Waals surface area (Å²) in [5, 5.41) is 0. The first-order valence-electron chi connectivity index (χ1n) is 4.80. The Morgan fingerprint density at radius 3 is 1.47 bits per heavy atom. The Balaban J connectivity index is 3.53. The van der Waals surface area contributed by atoms with Crippen LogP contribution < -0.4 is 11.3 Å². The van der Waals surface area contributed by atoms with E-state index in [1.54, 1.807) is 0 Å². The molecule has 0 aliphatic heterocycles. The topological polar surface area (TPSA) is 38.0 Å². The van der Waals surface area contributed by atoms with E-state index in [0.717, 1.165) is 0 Å². The first-order chi connectivity index (χ1) is 7.82. The second-order valence-electron chi connectivity index (χ2n) is 3.87. The molecular formula is C10H11F5N2. The second-order valence-corrected chi connectivity index (χ2v) is 3.87. The third-order valence-corrected chi connectivity index (χ3v) is 2.40. The summed E-state index contributed by atoms with van der Waals surface area (Å²) in [6.07, 6.45) is 0. The van der Waals surface area contributed by atoms with Gasteiger partial charge in [-0.05, 0) is 5.92 Å². The van der Waals surface area contributed by atoms with E-state index in [-0.39, 0.29) is 0 Å². The minimum absolute atomic E-state index is 0.451. The predicted molar refractivity (Wildman–Crippen MR) is 51.1 cm³/mol. The first kappa shape index (κ1) is 13.9. The van der Waals surface area contributed by atoms with Crippen molar-refractivity contribution in [3.05, 3.63) is 34.6 Å². The van der Waals surface area contributed by atoms with E-state index in [1.165, 1.54) is 13.8 Å². The summed E-state index contributed by atoms with van der Waals surface area (Å²) in [5.74, 6) is -5.24. The van der Waals surface area contributed by atoms with Gasteiger partial charge in [-0.3, -0.25) is 11.3 Å². The Morgan fingerprint density at radius 2 is 1.18 bits per heavy atom. The summed E-state index contributed by atoms with van der Waals surface area (Å²) in [6.45, 7) is 3.06. The maximum Gasteiger partial charge on any atom is 0.200 e. The number of benzene rings is 1. The lowest BCUT2D eigenvalue weighted by Gasteiger charge is -2.21. The van der Waals surface area contributed by atoms with Crippen molar-refractivity contribution in [1.29, 1.82) is 0 Å². The Bertz CT molecular complexity index is 404. The monoisotopic (exact) mass is 254 g/mol. The average molecular weight is 254 g/mol. The average Bonchev–Trinajstić information content (AvgIpc) is 2.29. The minimum atomic E-state index is -2.18. The molecule has 0 heterocycles. The van der Waals surface area contributed by atoms with Crippen LogP contribution in [-0.4, -0.2) is 0 Å². The Hall–Kier alpha value is -1.21. The van der Waals surface area contributed by atoms with Gasteiger partial charge in [0.25, 0.3) is 0 Å². The van der Waals surface area contributed by atoms with Crippen molar-refractivity contribution in [2.45, 2.75) is 19.9 Å². The van der Waals surface area contributed by atoms with Gasteiger partial charge in [0, 0.05) is 5.56 Å². The summed E-state index contributed by atoms with van der Waals surface area (Å²) in [6, 6.07) is -1.17. The lowest BCUT2D eigenvalue weighted by atomic mass is 9.95. The largest absolute Gasteiger partial charge is 0.271 e. The second kappa shape index (κ2) is 4.97. The van der Waals surface area contributed by atoms with Crippen LogP contribution in [0.4, 0.5) is 22.0 Å². The molecule has 1 rings (SSSR count). The molecule has 17 heavy (non-hydrogen) atoms. The quantitative estimate of drug-likeness (QED) is 0.286. The van der Waals surface area contributed by atoms with Crippen LogP contribution >= 0.6 is 0 Å². The smallest absolute Gasteiger partial charge is 0.200 e. The number of rotatable bonds is 3. The van der Waals surface area contributed by atoms with Crippen LogP contribution in [-0.2, 0) is 0 Å². The van der Waals surface area contributed by atoms with Crippen molar-refractivity contribution in [2.24, 2.45) is 11.8 Å².